The number of rotatable bonds is 6. The SMILES string of the molecule is Cc1nc(-c2ccc(C(F)(F)F)c(F)c2)sc1COc1cccc(CC(=O)O)c1. The van der Waals surface area contributed by atoms with Crippen LogP contribution in [-0.2, 0) is 24.0 Å². The van der Waals surface area contributed by atoms with Crippen molar-refractivity contribution in [3.63, 3.8) is 0 Å². The number of hydrogen-bond acceptors (Lipinski definition) is 4. The van der Waals surface area contributed by atoms with E-state index in [2.05, 4.69) is 4.98 Å². The second-order valence-electron chi connectivity index (χ2n) is 6.23. The first kappa shape index (κ1) is 20.8. The highest BCUT2D eigenvalue weighted by molar-refractivity contribution is 7.15. The number of alkyl halides is 3. The summed E-state index contributed by atoms with van der Waals surface area (Å²) in [6.07, 6.45) is -4.88. The number of aryl methyl sites for hydroxylation is 1. The van der Waals surface area contributed by atoms with E-state index in [0.717, 1.165) is 10.9 Å². The zero-order chi connectivity index (χ0) is 21.2. The van der Waals surface area contributed by atoms with Crippen LogP contribution < -0.4 is 4.74 Å². The lowest BCUT2D eigenvalue weighted by atomic mass is 10.1. The van der Waals surface area contributed by atoms with E-state index >= 15 is 0 Å². The standard InChI is InChI=1S/C20H15F4NO3S/c1-11-17(10-28-14-4-2-3-12(7-14)8-18(26)27)29-19(25-11)13-5-6-15(16(21)9-13)20(22,23)24/h2-7,9H,8,10H2,1H3,(H,26,27). The second-order valence-corrected chi connectivity index (χ2v) is 7.31. The summed E-state index contributed by atoms with van der Waals surface area (Å²) >= 11 is 1.19. The molecule has 0 atom stereocenters. The van der Waals surface area contributed by atoms with Crippen molar-refractivity contribution in [3.8, 4) is 16.3 Å². The Morgan fingerprint density at radius 3 is 2.62 bits per heavy atom. The van der Waals surface area contributed by atoms with Crippen LogP contribution in [0.2, 0.25) is 0 Å². The molecule has 0 aliphatic heterocycles. The Morgan fingerprint density at radius 1 is 1.21 bits per heavy atom. The number of nitrogens with zero attached hydrogens (tertiary/aromatic N) is 1. The number of ether oxygens (including phenoxy) is 1. The first-order chi connectivity index (χ1) is 13.6. The van der Waals surface area contributed by atoms with Crippen molar-refractivity contribution in [2.24, 2.45) is 0 Å². The minimum absolute atomic E-state index is 0.125. The predicted octanol–water partition coefficient (Wildman–Crippen LogP) is 5.48. The van der Waals surface area contributed by atoms with E-state index in [1.807, 2.05) is 0 Å². The van der Waals surface area contributed by atoms with Crippen LogP contribution >= 0.6 is 11.3 Å². The maximum absolute atomic E-state index is 13.8. The van der Waals surface area contributed by atoms with Gasteiger partial charge in [-0.1, -0.05) is 18.2 Å². The van der Waals surface area contributed by atoms with Crippen LogP contribution in [0.25, 0.3) is 10.6 Å². The Labute approximate surface area is 167 Å². The zero-order valence-corrected chi connectivity index (χ0v) is 15.9. The van der Waals surface area contributed by atoms with Crippen molar-refractivity contribution < 1.29 is 32.2 Å². The highest BCUT2D eigenvalue weighted by Gasteiger charge is 2.34. The minimum Gasteiger partial charge on any atom is -0.488 e. The van der Waals surface area contributed by atoms with Gasteiger partial charge >= 0.3 is 12.1 Å². The average molecular weight is 425 g/mol. The summed E-state index contributed by atoms with van der Waals surface area (Å²) in [5.74, 6) is -1.82. The van der Waals surface area contributed by atoms with Gasteiger partial charge in [0.1, 0.15) is 23.2 Å². The number of benzene rings is 2. The van der Waals surface area contributed by atoms with E-state index in [1.165, 1.54) is 17.4 Å². The second kappa shape index (κ2) is 8.20. The molecule has 1 aromatic heterocycles. The maximum atomic E-state index is 13.8. The van der Waals surface area contributed by atoms with Gasteiger partial charge in [-0.2, -0.15) is 13.2 Å². The third-order valence-electron chi connectivity index (χ3n) is 4.04. The molecule has 1 heterocycles. The molecule has 0 unspecified atom stereocenters. The molecule has 0 aliphatic carbocycles. The van der Waals surface area contributed by atoms with Crippen LogP contribution in [0, 0.1) is 12.7 Å². The van der Waals surface area contributed by atoms with E-state index in [0.29, 0.717) is 28.1 Å². The molecule has 0 radical (unpaired) electrons. The molecule has 3 aromatic rings. The normalized spacial score (nSPS) is 11.5. The fourth-order valence-electron chi connectivity index (χ4n) is 2.63. The summed E-state index contributed by atoms with van der Waals surface area (Å²) in [7, 11) is 0. The van der Waals surface area contributed by atoms with Gasteiger partial charge in [-0.25, -0.2) is 9.37 Å². The van der Waals surface area contributed by atoms with Crippen molar-refractivity contribution >= 4 is 17.3 Å². The molecule has 2 aromatic carbocycles. The van der Waals surface area contributed by atoms with Crippen LogP contribution in [0.1, 0.15) is 21.7 Å². The number of carboxylic acids is 1. The number of carbonyl (C=O) groups is 1. The summed E-state index contributed by atoms with van der Waals surface area (Å²) < 4.78 is 57.6. The summed E-state index contributed by atoms with van der Waals surface area (Å²) in [6.45, 7) is 1.86. The molecule has 0 amide bonds. The van der Waals surface area contributed by atoms with Gasteiger partial charge in [0.05, 0.1) is 22.6 Å². The Balaban J connectivity index is 1.76. The van der Waals surface area contributed by atoms with Crippen molar-refractivity contribution in [1.29, 1.82) is 0 Å². The van der Waals surface area contributed by atoms with Gasteiger partial charge < -0.3 is 9.84 Å². The van der Waals surface area contributed by atoms with E-state index in [-0.39, 0.29) is 18.6 Å². The molecule has 29 heavy (non-hydrogen) atoms. The van der Waals surface area contributed by atoms with Gasteiger partial charge in [0.25, 0.3) is 0 Å². The van der Waals surface area contributed by atoms with Gasteiger partial charge in [0.15, 0.2) is 0 Å². The number of thiazole rings is 1. The quantitative estimate of drug-likeness (QED) is 0.531. The molecular formula is C20H15F4NO3S. The van der Waals surface area contributed by atoms with E-state index in [9.17, 15) is 22.4 Å². The van der Waals surface area contributed by atoms with Crippen molar-refractivity contribution in [2.45, 2.75) is 26.1 Å². The van der Waals surface area contributed by atoms with Crippen molar-refractivity contribution in [1.82, 2.24) is 4.98 Å². The van der Waals surface area contributed by atoms with E-state index in [4.69, 9.17) is 9.84 Å². The molecule has 4 nitrogen and oxygen atoms in total. The number of aromatic nitrogens is 1. The van der Waals surface area contributed by atoms with Crippen molar-refractivity contribution in [3.05, 3.63) is 70.0 Å². The average Bonchev–Trinajstić information content (AvgIpc) is 2.99. The number of aliphatic carboxylic acids is 1. The molecular weight excluding hydrogens is 410 g/mol. The van der Waals surface area contributed by atoms with Gasteiger partial charge in [-0.05, 0) is 36.8 Å². The number of carboxylic acid groups (broad SMARTS) is 1. The summed E-state index contributed by atoms with van der Waals surface area (Å²) in [6, 6.07) is 9.38. The largest absolute Gasteiger partial charge is 0.488 e. The predicted molar refractivity (Wildman–Crippen MR) is 99.4 cm³/mol. The first-order valence-corrected chi connectivity index (χ1v) is 9.22. The third-order valence-corrected chi connectivity index (χ3v) is 5.22. The summed E-state index contributed by atoms with van der Waals surface area (Å²) in [5, 5.41) is 9.24. The lowest BCUT2D eigenvalue weighted by molar-refractivity contribution is -0.140. The summed E-state index contributed by atoms with van der Waals surface area (Å²) in [5.41, 5.74) is 0.140. The molecule has 0 spiro atoms. The lowest BCUT2D eigenvalue weighted by Gasteiger charge is -2.08. The highest BCUT2D eigenvalue weighted by atomic mass is 32.1. The van der Waals surface area contributed by atoms with Crippen LogP contribution in [0.15, 0.2) is 42.5 Å². The van der Waals surface area contributed by atoms with Crippen LogP contribution in [0.3, 0.4) is 0 Å². The van der Waals surface area contributed by atoms with Gasteiger partial charge in [-0.15, -0.1) is 11.3 Å². The molecule has 0 fully saturated rings. The maximum Gasteiger partial charge on any atom is 0.419 e. The molecule has 9 heteroatoms. The minimum atomic E-state index is -4.75. The Hall–Kier alpha value is -2.94. The van der Waals surface area contributed by atoms with Crippen molar-refractivity contribution in [2.75, 3.05) is 0 Å². The molecule has 3 rings (SSSR count). The Morgan fingerprint density at radius 2 is 1.97 bits per heavy atom. The molecule has 0 saturated carbocycles. The Bertz CT molecular complexity index is 1050. The number of hydrogen-bond donors (Lipinski definition) is 1. The van der Waals surface area contributed by atoms with Gasteiger partial charge in [-0.3, -0.25) is 4.79 Å². The first-order valence-electron chi connectivity index (χ1n) is 8.40. The molecule has 0 aliphatic rings. The summed E-state index contributed by atoms with van der Waals surface area (Å²) in [4.78, 5) is 15.8. The van der Waals surface area contributed by atoms with Gasteiger partial charge in [0.2, 0.25) is 0 Å². The smallest absolute Gasteiger partial charge is 0.419 e. The topological polar surface area (TPSA) is 59.4 Å². The van der Waals surface area contributed by atoms with Crippen LogP contribution in [0.5, 0.6) is 5.75 Å². The third kappa shape index (κ3) is 5.11. The molecule has 0 bridgehead atoms. The lowest BCUT2D eigenvalue weighted by Crippen LogP contribution is -2.07. The fourth-order valence-corrected chi connectivity index (χ4v) is 3.60. The molecule has 0 saturated heterocycles. The Kier molecular flexibility index (Phi) is 5.88. The van der Waals surface area contributed by atoms with Gasteiger partial charge in [0, 0.05) is 5.56 Å². The van der Waals surface area contributed by atoms with E-state index in [1.54, 1.807) is 31.2 Å². The molecule has 1 N–H and O–H groups in total. The number of halogens is 4. The molecule has 152 valence electrons. The highest BCUT2D eigenvalue weighted by Crippen LogP contribution is 2.35. The monoisotopic (exact) mass is 425 g/mol. The fraction of sp³-hybridized carbons (Fsp3) is 0.200. The van der Waals surface area contributed by atoms with Crippen LogP contribution in [-0.4, -0.2) is 16.1 Å². The van der Waals surface area contributed by atoms with E-state index < -0.39 is 23.5 Å². The van der Waals surface area contributed by atoms with Crippen LogP contribution in [0.4, 0.5) is 17.6 Å². The zero-order valence-electron chi connectivity index (χ0n) is 15.1.